The van der Waals surface area contributed by atoms with Gasteiger partial charge >= 0.3 is 0 Å². The molecule has 0 radical (unpaired) electrons. The van der Waals surface area contributed by atoms with E-state index in [9.17, 15) is 5.11 Å². The Bertz CT molecular complexity index is 406. The van der Waals surface area contributed by atoms with Crippen molar-refractivity contribution in [3.63, 3.8) is 0 Å². The molecule has 0 amide bonds. The molecule has 1 aromatic rings. The van der Waals surface area contributed by atoms with E-state index in [1.807, 2.05) is 6.07 Å². The predicted molar refractivity (Wildman–Crippen MR) is 78.8 cm³/mol. The zero-order valence-corrected chi connectivity index (χ0v) is 12.2. The van der Waals surface area contributed by atoms with Gasteiger partial charge in [-0.2, -0.15) is 0 Å². The number of hydrogen-bond acceptors (Lipinski definition) is 4. The number of nitrogens with one attached hydrogen (secondary N) is 1. The molecule has 106 valence electrons. The van der Waals surface area contributed by atoms with Crippen LogP contribution in [0.3, 0.4) is 0 Å². The van der Waals surface area contributed by atoms with E-state index in [-0.39, 0.29) is 5.75 Å². The Labute approximate surface area is 120 Å². The van der Waals surface area contributed by atoms with Crippen LogP contribution in [0.5, 0.6) is 5.75 Å². The maximum Gasteiger partial charge on any atom is 0.134 e. The van der Waals surface area contributed by atoms with E-state index >= 15 is 0 Å². The zero-order chi connectivity index (χ0) is 13.7. The van der Waals surface area contributed by atoms with E-state index in [1.54, 1.807) is 12.1 Å². The minimum atomic E-state index is 0.142. The summed E-state index contributed by atoms with van der Waals surface area (Å²) in [7, 11) is 2.17. The van der Waals surface area contributed by atoms with Crippen LogP contribution in [-0.2, 0) is 6.54 Å². The standard InChI is InChI=1S/C14H22ClN3O/c1-17-6-8-18(9-7-17)5-4-16-11-12-2-3-14(19)13(15)10-12/h2-3,10,16,19H,4-9,11H2,1H3. The molecule has 1 heterocycles. The van der Waals surface area contributed by atoms with Gasteiger partial charge in [-0.05, 0) is 24.7 Å². The van der Waals surface area contributed by atoms with E-state index in [0.717, 1.165) is 51.4 Å². The van der Waals surface area contributed by atoms with E-state index in [4.69, 9.17) is 11.6 Å². The summed E-state index contributed by atoms with van der Waals surface area (Å²) in [5.74, 6) is 0.142. The van der Waals surface area contributed by atoms with Gasteiger partial charge in [-0.1, -0.05) is 17.7 Å². The summed E-state index contributed by atoms with van der Waals surface area (Å²) in [4.78, 5) is 4.85. The van der Waals surface area contributed by atoms with Gasteiger partial charge in [0, 0.05) is 45.8 Å². The Morgan fingerprint density at radius 3 is 2.68 bits per heavy atom. The third-order valence-corrected chi connectivity index (χ3v) is 3.84. The lowest BCUT2D eigenvalue weighted by Crippen LogP contribution is -2.46. The maximum atomic E-state index is 9.34. The Balaban J connectivity index is 1.65. The molecule has 0 bridgehead atoms. The first kappa shape index (κ1) is 14.6. The van der Waals surface area contributed by atoms with Crippen molar-refractivity contribution in [2.75, 3.05) is 46.3 Å². The van der Waals surface area contributed by atoms with Crippen molar-refractivity contribution in [2.45, 2.75) is 6.54 Å². The average molecular weight is 284 g/mol. The van der Waals surface area contributed by atoms with Crippen LogP contribution in [0, 0.1) is 0 Å². The number of phenols is 1. The average Bonchev–Trinajstić information content (AvgIpc) is 2.41. The Morgan fingerprint density at radius 2 is 2.00 bits per heavy atom. The van der Waals surface area contributed by atoms with Gasteiger partial charge < -0.3 is 15.3 Å². The van der Waals surface area contributed by atoms with Crippen molar-refractivity contribution in [1.82, 2.24) is 15.1 Å². The van der Waals surface area contributed by atoms with Gasteiger partial charge in [0.05, 0.1) is 5.02 Å². The summed E-state index contributed by atoms with van der Waals surface area (Å²) < 4.78 is 0. The second kappa shape index (κ2) is 7.10. The van der Waals surface area contributed by atoms with Crippen LogP contribution in [0.15, 0.2) is 18.2 Å². The van der Waals surface area contributed by atoms with Crippen molar-refractivity contribution in [3.8, 4) is 5.75 Å². The topological polar surface area (TPSA) is 38.7 Å². The minimum Gasteiger partial charge on any atom is -0.506 e. The number of likely N-dealkylation sites (N-methyl/N-ethyl adjacent to an activating group) is 1. The third kappa shape index (κ3) is 4.66. The molecule has 19 heavy (non-hydrogen) atoms. The highest BCUT2D eigenvalue weighted by atomic mass is 35.5. The Kier molecular flexibility index (Phi) is 5.45. The first-order chi connectivity index (χ1) is 9.15. The number of phenolic OH excluding ortho intramolecular Hbond substituents is 1. The number of aromatic hydroxyl groups is 1. The smallest absolute Gasteiger partial charge is 0.134 e. The van der Waals surface area contributed by atoms with Gasteiger partial charge in [0.2, 0.25) is 0 Å². The minimum absolute atomic E-state index is 0.142. The SMILES string of the molecule is CN1CCN(CCNCc2ccc(O)c(Cl)c2)CC1. The molecule has 2 rings (SSSR count). The molecular weight excluding hydrogens is 262 g/mol. The molecule has 5 heteroatoms. The monoisotopic (exact) mass is 283 g/mol. The molecule has 0 unspecified atom stereocenters. The van der Waals surface area contributed by atoms with E-state index in [0.29, 0.717) is 5.02 Å². The zero-order valence-electron chi connectivity index (χ0n) is 11.4. The van der Waals surface area contributed by atoms with Gasteiger partial charge in [0.25, 0.3) is 0 Å². The molecule has 0 atom stereocenters. The van der Waals surface area contributed by atoms with E-state index < -0.39 is 0 Å². The highest BCUT2D eigenvalue weighted by Crippen LogP contribution is 2.23. The van der Waals surface area contributed by atoms with Crippen LogP contribution in [0.25, 0.3) is 0 Å². The third-order valence-electron chi connectivity index (χ3n) is 3.54. The van der Waals surface area contributed by atoms with Crippen LogP contribution in [0.1, 0.15) is 5.56 Å². The lowest BCUT2D eigenvalue weighted by molar-refractivity contribution is 0.154. The predicted octanol–water partition coefficient (Wildman–Crippen LogP) is 1.38. The Hall–Kier alpha value is -0.810. The van der Waals surface area contributed by atoms with Crippen LogP contribution >= 0.6 is 11.6 Å². The lowest BCUT2D eigenvalue weighted by atomic mass is 10.2. The number of hydrogen-bond donors (Lipinski definition) is 2. The van der Waals surface area contributed by atoms with Crippen molar-refractivity contribution >= 4 is 11.6 Å². The fraction of sp³-hybridized carbons (Fsp3) is 0.571. The molecule has 0 aromatic heterocycles. The molecule has 1 aliphatic heterocycles. The number of halogens is 1. The van der Waals surface area contributed by atoms with Crippen LogP contribution in [0.4, 0.5) is 0 Å². The molecule has 1 aliphatic rings. The van der Waals surface area contributed by atoms with Crippen molar-refractivity contribution < 1.29 is 5.11 Å². The summed E-state index contributed by atoms with van der Waals surface area (Å²) >= 11 is 5.87. The largest absolute Gasteiger partial charge is 0.506 e. The van der Waals surface area contributed by atoms with Crippen molar-refractivity contribution in [3.05, 3.63) is 28.8 Å². The fourth-order valence-electron chi connectivity index (χ4n) is 2.20. The highest BCUT2D eigenvalue weighted by molar-refractivity contribution is 6.32. The fourth-order valence-corrected chi connectivity index (χ4v) is 2.40. The van der Waals surface area contributed by atoms with Crippen molar-refractivity contribution in [1.29, 1.82) is 0 Å². The van der Waals surface area contributed by atoms with E-state index in [1.165, 1.54) is 0 Å². The first-order valence-corrected chi connectivity index (χ1v) is 7.12. The van der Waals surface area contributed by atoms with Gasteiger partial charge in [0.15, 0.2) is 0 Å². The molecule has 1 aromatic carbocycles. The maximum absolute atomic E-state index is 9.34. The molecule has 1 fully saturated rings. The second-order valence-electron chi connectivity index (χ2n) is 5.11. The highest BCUT2D eigenvalue weighted by Gasteiger charge is 2.12. The molecule has 0 aliphatic carbocycles. The molecule has 1 saturated heterocycles. The quantitative estimate of drug-likeness (QED) is 0.801. The summed E-state index contributed by atoms with van der Waals surface area (Å²) in [6.45, 7) is 7.48. The van der Waals surface area contributed by atoms with Crippen LogP contribution in [-0.4, -0.2) is 61.2 Å². The second-order valence-corrected chi connectivity index (χ2v) is 5.51. The molecule has 4 nitrogen and oxygen atoms in total. The number of rotatable bonds is 5. The van der Waals surface area contributed by atoms with Gasteiger partial charge in [-0.3, -0.25) is 4.90 Å². The van der Waals surface area contributed by atoms with E-state index in [2.05, 4.69) is 22.2 Å². The molecule has 0 spiro atoms. The number of nitrogens with zero attached hydrogens (tertiary/aromatic N) is 2. The molecule has 0 saturated carbocycles. The van der Waals surface area contributed by atoms with Gasteiger partial charge in [-0.15, -0.1) is 0 Å². The summed E-state index contributed by atoms with van der Waals surface area (Å²) in [6, 6.07) is 5.34. The normalized spacial score (nSPS) is 17.8. The molecular formula is C14H22ClN3O. The van der Waals surface area contributed by atoms with Gasteiger partial charge in [-0.25, -0.2) is 0 Å². The Morgan fingerprint density at radius 1 is 1.26 bits per heavy atom. The van der Waals surface area contributed by atoms with Crippen LogP contribution in [0.2, 0.25) is 5.02 Å². The first-order valence-electron chi connectivity index (χ1n) is 6.74. The number of piperazine rings is 1. The van der Waals surface area contributed by atoms with Crippen LogP contribution < -0.4 is 5.32 Å². The molecule has 2 N–H and O–H groups in total. The summed E-state index contributed by atoms with van der Waals surface area (Å²) in [5, 5.41) is 13.2. The van der Waals surface area contributed by atoms with Gasteiger partial charge in [0.1, 0.15) is 5.75 Å². The summed E-state index contributed by atoms with van der Waals surface area (Å²) in [6.07, 6.45) is 0. The lowest BCUT2D eigenvalue weighted by Gasteiger charge is -2.32. The van der Waals surface area contributed by atoms with Crippen molar-refractivity contribution in [2.24, 2.45) is 0 Å². The number of benzene rings is 1. The summed E-state index contributed by atoms with van der Waals surface area (Å²) in [5.41, 5.74) is 1.10.